The van der Waals surface area contributed by atoms with Crippen molar-refractivity contribution in [3.8, 4) is 0 Å². The van der Waals surface area contributed by atoms with Gasteiger partial charge < -0.3 is 5.32 Å². The summed E-state index contributed by atoms with van der Waals surface area (Å²) in [7, 11) is 0. The molecule has 78 valence electrons. The standard InChI is InChI=1S/C10H11BrN4/c11-9-8(7-3-1-4-12-7)15-6-2-5-13-10(15)14-9/h2,5-7,12H,1,3-4H2. The van der Waals surface area contributed by atoms with Crippen LogP contribution in [0.4, 0.5) is 0 Å². The smallest absolute Gasteiger partial charge is 0.235 e. The van der Waals surface area contributed by atoms with E-state index in [1.165, 1.54) is 18.5 Å². The number of halogens is 1. The third kappa shape index (κ3) is 1.46. The van der Waals surface area contributed by atoms with Crippen LogP contribution in [0.25, 0.3) is 5.78 Å². The van der Waals surface area contributed by atoms with Crippen LogP contribution in [0.3, 0.4) is 0 Å². The second kappa shape index (κ2) is 3.57. The zero-order valence-electron chi connectivity index (χ0n) is 8.15. The Hall–Kier alpha value is -0.940. The van der Waals surface area contributed by atoms with Crippen molar-refractivity contribution in [1.29, 1.82) is 0 Å². The van der Waals surface area contributed by atoms with Crippen molar-refractivity contribution in [2.24, 2.45) is 0 Å². The number of rotatable bonds is 1. The summed E-state index contributed by atoms with van der Waals surface area (Å²) in [4.78, 5) is 8.61. The van der Waals surface area contributed by atoms with Crippen LogP contribution in [-0.4, -0.2) is 20.9 Å². The molecule has 1 aliphatic rings. The van der Waals surface area contributed by atoms with Crippen molar-refractivity contribution in [2.75, 3.05) is 6.54 Å². The van der Waals surface area contributed by atoms with Crippen LogP contribution < -0.4 is 5.32 Å². The molecule has 3 heterocycles. The van der Waals surface area contributed by atoms with E-state index in [-0.39, 0.29) is 0 Å². The van der Waals surface area contributed by atoms with Crippen molar-refractivity contribution in [3.63, 3.8) is 0 Å². The maximum atomic E-state index is 4.39. The quantitative estimate of drug-likeness (QED) is 0.858. The van der Waals surface area contributed by atoms with Crippen LogP contribution in [0.5, 0.6) is 0 Å². The number of nitrogens with zero attached hydrogens (tertiary/aromatic N) is 3. The predicted octanol–water partition coefficient (Wildman–Crippen LogP) is 1.92. The zero-order valence-corrected chi connectivity index (χ0v) is 9.74. The molecule has 5 heteroatoms. The Balaban J connectivity index is 2.19. The average molecular weight is 267 g/mol. The molecule has 1 unspecified atom stereocenters. The molecule has 0 amide bonds. The van der Waals surface area contributed by atoms with Crippen LogP contribution in [0.15, 0.2) is 23.1 Å². The summed E-state index contributed by atoms with van der Waals surface area (Å²) in [5.41, 5.74) is 1.19. The van der Waals surface area contributed by atoms with Gasteiger partial charge in [0.1, 0.15) is 4.60 Å². The maximum Gasteiger partial charge on any atom is 0.235 e. The molecule has 1 fully saturated rings. The van der Waals surface area contributed by atoms with E-state index in [1.54, 1.807) is 6.20 Å². The molecule has 0 spiro atoms. The molecule has 2 aromatic heterocycles. The summed E-state index contributed by atoms with van der Waals surface area (Å²) in [5.74, 6) is 0.757. The Bertz CT molecular complexity index is 487. The van der Waals surface area contributed by atoms with Crippen LogP contribution in [0, 0.1) is 0 Å². The van der Waals surface area contributed by atoms with E-state index in [4.69, 9.17) is 0 Å². The number of imidazole rings is 1. The van der Waals surface area contributed by atoms with Gasteiger partial charge in [0.15, 0.2) is 0 Å². The highest BCUT2D eigenvalue weighted by Gasteiger charge is 2.23. The molecule has 2 aromatic rings. The lowest BCUT2D eigenvalue weighted by molar-refractivity contribution is 0.618. The summed E-state index contributed by atoms with van der Waals surface area (Å²) in [6.45, 7) is 1.09. The first-order valence-corrected chi connectivity index (χ1v) is 5.87. The maximum absolute atomic E-state index is 4.39. The molecule has 0 saturated carbocycles. The molecule has 0 bridgehead atoms. The second-order valence-corrected chi connectivity index (χ2v) is 4.48. The van der Waals surface area contributed by atoms with Gasteiger partial charge in [-0.1, -0.05) is 0 Å². The van der Waals surface area contributed by atoms with E-state index in [0.717, 1.165) is 16.9 Å². The minimum atomic E-state index is 0.401. The Morgan fingerprint density at radius 1 is 1.53 bits per heavy atom. The van der Waals surface area contributed by atoms with Gasteiger partial charge in [0.05, 0.1) is 11.7 Å². The van der Waals surface area contributed by atoms with Gasteiger partial charge in [-0.05, 0) is 41.4 Å². The summed E-state index contributed by atoms with van der Waals surface area (Å²) < 4.78 is 2.95. The van der Waals surface area contributed by atoms with Crippen LogP contribution in [0.2, 0.25) is 0 Å². The Morgan fingerprint density at radius 2 is 2.47 bits per heavy atom. The molecule has 1 aliphatic heterocycles. The second-order valence-electron chi connectivity index (χ2n) is 3.73. The fourth-order valence-electron chi connectivity index (χ4n) is 2.11. The highest BCUT2D eigenvalue weighted by atomic mass is 79.9. The fraction of sp³-hybridized carbons (Fsp3) is 0.400. The van der Waals surface area contributed by atoms with Crippen molar-refractivity contribution in [1.82, 2.24) is 19.7 Å². The summed E-state index contributed by atoms with van der Waals surface area (Å²) in [6, 6.07) is 2.33. The van der Waals surface area contributed by atoms with Crippen molar-refractivity contribution in [3.05, 3.63) is 28.8 Å². The lowest BCUT2D eigenvalue weighted by atomic mass is 10.2. The van der Waals surface area contributed by atoms with Gasteiger partial charge in [-0.2, -0.15) is 0 Å². The predicted molar refractivity (Wildman–Crippen MR) is 60.7 cm³/mol. The topological polar surface area (TPSA) is 42.2 Å². The van der Waals surface area contributed by atoms with Crippen molar-refractivity contribution < 1.29 is 0 Å². The SMILES string of the molecule is Brc1nc2ncccn2c1C1CCCN1. The zero-order chi connectivity index (χ0) is 10.3. The monoisotopic (exact) mass is 266 g/mol. The van der Waals surface area contributed by atoms with Crippen LogP contribution in [-0.2, 0) is 0 Å². The Kier molecular flexibility index (Phi) is 2.21. The number of hydrogen-bond donors (Lipinski definition) is 1. The highest BCUT2D eigenvalue weighted by molar-refractivity contribution is 9.10. The molecule has 15 heavy (non-hydrogen) atoms. The van der Waals surface area contributed by atoms with E-state index in [9.17, 15) is 0 Å². The van der Waals surface area contributed by atoms with Gasteiger partial charge in [0.25, 0.3) is 0 Å². The van der Waals surface area contributed by atoms with E-state index in [2.05, 4.69) is 31.2 Å². The van der Waals surface area contributed by atoms with Crippen LogP contribution in [0.1, 0.15) is 24.6 Å². The van der Waals surface area contributed by atoms with Gasteiger partial charge in [-0.15, -0.1) is 0 Å². The number of fused-ring (bicyclic) bond motifs is 1. The first kappa shape index (κ1) is 9.30. The Labute approximate surface area is 95.9 Å². The third-order valence-corrected chi connectivity index (χ3v) is 3.37. The highest BCUT2D eigenvalue weighted by Crippen LogP contribution is 2.29. The molecule has 1 N–H and O–H groups in total. The van der Waals surface area contributed by atoms with Crippen LogP contribution >= 0.6 is 15.9 Å². The lowest BCUT2D eigenvalue weighted by Gasteiger charge is -2.09. The van der Waals surface area contributed by atoms with E-state index in [0.29, 0.717) is 6.04 Å². The fourth-order valence-corrected chi connectivity index (χ4v) is 2.73. The molecule has 1 saturated heterocycles. The summed E-state index contributed by atoms with van der Waals surface area (Å²) in [5, 5.41) is 3.47. The summed E-state index contributed by atoms with van der Waals surface area (Å²) in [6.07, 6.45) is 6.17. The molecular formula is C10H11BrN4. The van der Waals surface area contributed by atoms with E-state index in [1.807, 2.05) is 16.7 Å². The average Bonchev–Trinajstić information content (AvgIpc) is 2.82. The summed E-state index contributed by atoms with van der Waals surface area (Å²) >= 11 is 3.51. The molecular weight excluding hydrogens is 256 g/mol. The largest absolute Gasteiger partial charge is 0.309 e. The molecule has 0 aliphatic carbocycles. The third-order valence-electron chi connectivity index (χ3n) is 2.79. The number of hydrogen-bond acceptors (Lipinski definition) is 3. The number of aromatic nitrogens is 3. The van der Waals surface area contributed by atoms with Crippen molar-refractivity contribution >= 4 is 21.7 Å². The minimum Gasteiger partial charge on any atom is -0.309 e. The molecule has 0 radical (unpaired) electrons. The van der Waals surface area contributed by atoms with Gasteiger partial charge in [0.2, 0.25) is 5.78 Å². The minimum absolute atomic E-state index is 0.401. The molecule has 1 atom stereocenters. The molecule has 3 rings (SSSR count). The molecule has 0 aromatic carbocycles. The lowest BCUT2D eigenvalue weighted by Crippen LogP contribution is -2.15. The van der Waals surface area contributed by atoms with Gasteiger partial charge >= 0.3 is 0 Å². The normalized spacial score (nSPS) is 21.3. The van der Waals surface area contributed by atoms with E-state index >= 15 is 0 Å². The van der Waals surface area contributed by atoms with Gasteiger partial charge in [-0.3, -0.25) is 4.40 Å². The van der Waals surface area contributed by atoms with Gasteiger partial charge in [0, 0.05) is 12.4 Å². The first-order valence-electron chi connectivity index (χ1n) is 5.08. The van der Waals surface area contributed by atoms with E-state index < -0.39 is 0 Å². The first-order chi connectivity index (χ1) is 7.36. The van der Waals surface area contributed by atoms with Crippen molar-refractivity contribution in [2.45, 2.75) is 18.9 Å². The number of nitrogens with one attached hydrogen (secondary N) is 1. The van der Waals surface area contributed by atoms with Gasteiger partial charge in [-0.25, -0.2) is 9.97 Å². The molecule has 4 nitrogen and oxygen atoms in total. The Morgan fingerprint density at radius 3 is 3.27 bits per heavy atom.